The van der Waals surface area contributed by atoms with E-state index in [9.17, 15) is 4.39 Å². The van der Waals surface area contributed by atoms with Crippen LogP contribution in [0, 0.1) is 5.82 Å². The first-order chi connectivity index (χ1) is 7.66. The van der Waals surface area contributed by atoms with Gasteiger partial charge in [-0.15, -0.1) is 12.4 Å². The second-order valence-corrected chi connectivity index (χ2v) is 4.58. The number of hydrogen-bond acceptors (Lipinski definition) is 2. The van der Waals surface area contributed by atoms with E-state index in [2.05, 4.69) is 24.1 Å². The Morgan fingerprint density at radius 2 is 2.00 bits per heavy atom. The maximum atomic E-state index is 12.8. The number of nitrogens with one attached hydrogen (secondary N) is 1. The van der Waals surface area contributed by atoms with Crippen molar-refractivity contribution in [3.8, 4) is 0 Å². The molecule has 0 saturated carbocycles. The fraction of sp³-hybridized carbons (Fsp3) is 0.538. The molecular formula is C13H20ClFN2. The van der Waals surface area contributed by atoms with Gasteiger partial charge in [0.25, 0.3) is 0 Å². The Kier molecular flexibility index (Phi) is 5.37. The highest BCUT2D eigenvalue weighted by molar-refractivity contribution is 5.85. The summed E-state index contributed by atoms with van der Waals surface area (Å²) in [5.74, 6) is -0.162. The predicted octanol–water partition coefficient (Wildman–Crippen LogP) is 2.60. The molecule has 2 rings (SSSR count). The molecule has 2 nitrogen and oxygen atoms in total. The van der Waals surface area contributed by atoms with E-state index in [0.29, 0.717) is 12.1 Å². The van der Waals surface area contributed by atoms with Crippen LogP contribution in [0.25, 0.3) is 0 Å². The highest BCUT2D eigenvalue weighted by Crippen LogP contribution is 2.21. The smallest absolute Gasteiger partial charge is 0.123 e. The first kappa shape index (κ1) is 14.4. The summed E-state index contributed by atoms with van der Waals surface area (Å²) < 4.78 is 12.8. The highest BCUT2D eigenvalue weighted by atomic mass is 35.5. The molecule has 1 heterocycles. The van der Waals surface area contributed by atoms with E-state index in [1.54, 1.807) is 0 Å². The van der Waals surface area contributed by atoms with Gasteiger partial charge in [0, 0.05) is 31.7 Å². The van der Waals surface area contributed by atoms with Gasteiger partial charge < -0.3 is 5.32 Å². The normalized spacial score (nSPS) is 22.9. The first-order valence-corrected chi connectivity index (χ1v) is 5.89. The van der Waals surface area contributed by atoms with Crippen molar-refractivity contribution in [2.75, 3.05) is 19.6 Å². The predicted molar refractivity (Wildman–Crippen MR) is 71.1 cm³/mol. The van der Waals surface area contributed by atoms with Crippen LogP contribution in [0.3, 0.4) is 0 Å². The Labute approximate surface area is 109 Å². The quantitative estimate of drug-likeness (QED) is 0.877. The maximum absolute atomic E-state index is 12.8. The number of benzene rings is 1. The Balaban J connectivity index is 0.00000144. The number of halogens is 2. The van der Waals surface area contributed by atoms with Crippen molar-refractivity contribution in [1.82, 2.24) is 10.2 Å². The average molecular weight is 259 g/mol. The van der Waals surface area contributed by atoms with Crippen LogP contribution < -0.4 is 5.32 Å². The Morgan fingerprint density at radius 3 is 2.59 bits per heavy atom. The summed E-state index contributed by atoms with van der Waals surface area (Å²) in [7, 11) is 0. The van der Waals surface area contributed by atoms with Gasteiger partial charge >= 0.3 is 0 Å². The highest BCUT2D eigenvalue weighted by Gasteiger charge is 2.21. The van der Waals surface area contributed by atoms with Gasteiger partial charge in [-0.05, 0) is 31.5 Å². The summed E-state index contributed by atoms with van der Waals surface area (Å²) in [6.07, 6.45) is 0. The molecule has 1 aromatic rings. The summed E-state index contributed by atoms with van der Waals surface area (Å²) in [6, 6.07) is 7.75. The lowest BCUT2D eigenvalue weighted by atomic mass is 10.1. The molecule has 17 heavy (non-hydrogen) atoms. The van der Waals surface area contributed by atoms with Gasteiger partial charge in [0.05, 0.1) is 0 Å². The van der Waals surface area contributed by atoms with Gasteiger partial charge in [0.15, 0.2) is 0 Å². The molecular weight excluding hydrogens is 239 g/mol. The van der Waals surface area contributed by atoms with Gasteiger partial charge in [-0.1, -0.05) is 12.1 Å². The van der Waals surface area contributed by atoms with E-state index in [1.807, 2.05) is 12.1 Å². The third kappa shape index (κ3) is 3.66. The zero-order valence-electron chi connectivity index (χ0n) is 10.3. The standard InChI is InChI=1S/C13H19FN2.ClH/c1-10-9-16(8-7-15-10)11(2)12-3-5-13(14)6-4-12;/h3-6,10-11,15H,7-9H2,1-2H3;1H. The average Bonchev–Trinajstić information content (AvgIpc) is 2.29. The SMILES string of the molecule is CC1CN(C(C)c2ccc(F)cc2)CCN1.Cl. The summed E-state index contributed by atoms with van der Waals surface area (Å²) >= 11 is 0. The molecule has 0 radical (unpaired) electrons. The molecule has 1 N–H and O–H groups in total. The summed E-state index contributed by atoms with van der Waals surface area (Å²) in [5, 5.41) is 3.43. The Hall–Kier alpha value is -0.640. The Morgan fingerprint density at radius 1 is 1.35 bits per heavy atom. The van der Waals surface area contributed by atoms with Crippen LogP contribution in [0.2, 0.25) is 0 Å². The second-order valence-electron chi connectivity index (χ2n) is 4.58. The zero-order valence-corrected chi connectivity index (χ0v) is 11.1. The van der Waals surface area contributed by atoms with Crippen molar-refractivity contribution >= 4 is 12.4 Å². The monoisotopic (exact) mass is 258 g/mol. The van der Waals surface area contributed by atoms with Crippen LogP contribution in [0.5, 0.6) is 0 Å². The minimum atomic E-state index is -0.162. The van der Waals surface area contributed by atoms with E-state index >= 15 is 0 Å². The van der Waals surface area contributed by atoms with Crippen LogP contribution in [-0.4, -0.2) is 30.6 Å². The lowest BCUT2D eigenvalue weighted by Gasteiger charge is -2.36. The van der Waals surface area contributed by atoms with Crippen molar-refractivity contribution in [3.63, 3.8) is 0 Å². The number of nitrogens with zero attached hydrogens (tertiary/aromatic N) is 1. The molecule has 0 aliphatic carbocycles. The molecule has 0 bridgehead atoms. The molecule has 2 atom stereocenters. The van der Waals surface area contributed by atoms with Gasteiger partial charge in [0.2, 0.25) is 0 Å². The van der Waals surface area contributed by atoms with Gasteiger partial charge in [-0.3, -0.25) is 4.90 Å². The van der Waals surface area contributed by atoms with Crippen LogP contribution in [0.4, 0.5) is 4.39 Å². The minimum Gasteiger partial charge on any atom is -0.312 e. The zero-order chi connectivity index (χ0) is 11.5. The minimum absolute atomic E-state index is 0. The third-order valence-electron chi connectivity index (χ3n) is 3.30. The van der Waals surface area contributed by atoms with Crippen molar-refractivity contribution in [2.24, 2.45) is 0 Å². The summed E-state index contributed by atoms with van der Waals surface area (Å²) in [4.78, 5) is 2.44. The van der Waals surface area contributed by atoms with Crippen LogP contribution >= 0.6 is 12.4 Å². The molecule has 0 aromatic heterocycles. The molecule has 96 valence electrons. The summed E-state index contributed by atoms with van der Waals surface area (Å²) in [5.41, 5.74) is 1.19. The van der Waals surface area contributed by atoms with Crippen molar-refractivity contribution in [2.45, 2.75) is 25.9 Å². The largest absolute Gasteiger partial charge is 0.312 e. The van der Waals surface area contributed by atoms with Crippen molar-refractivity contribution in [1.29, 1.82) is 0 Å². The van der Waals surface area contributed by atoms with E-state index in [-0.39, 0.29) is 18.2 Å². The number of piperazine rings is 1. The first-order valence-electron chi connectivity index (χ1n) is 5.89. The topological polar surface area (TPSA) is 15.3 Å². The molecule has 4 heteroatoms. The van der Waals surface area contributed by atoms with Gasteiger partial charge in [-0.25, -0.2) is 4.39 Å². The summed E-state index contributed by atoms with van der Waals surface area (Å²) in [6.45, 7) is 7.53. The molecule has 1 aliphatic rings. The van der Waals surface area contributed by atoms with Crippen LogP contribution in [0.15, 0.2) is 24.3 Å². The van der Waals surface area contributed by atoms with Crippen molar-refractivity contribution < 1.29 is 4.39 Å². The lowest BCUT2D eigenvalue weighted by Crippen LogP contribution is -2.49. The van der Waals surface area contributed by atoms with E-state index < -0.39 is 0 Å². The van der Waals surface area contributed by atoms with E-state index in [0.717, 1.165) is 19.6 Å². The number of hydrogen-bond donors (Lipinski definition) is 1. The number of rotatable bonds is 2. The second kappa shape index (κ2) is 6.34. The van der Waals surface area contributed by atoms with Crippen molar-refractivity contribution in [3.05, 3.63) is 35.6 Å². The van der Waals surface area contributed by atoms with Crippen LogP contribution in [-0.2, 0) is 0 Å². The third-order valence-corrected chi connectivity index (χ3v) is 3.30. The van der Waals surface area contributed by atoms with E-state index in [1.165, 1.54) is 17.7 Å². The fourth-order valence-corrected chi connectivity index (χ4v) is 2.27. The Bertz CT molecular complexity index is 342. The van der Waals surface area contributed by atoms with E-state index in [4.69, 9.17) is 0 Å². The molecule has 1 aromatic carbocycles. The molecule has 0 spiro atoms. The molecule has 1 fully saturated rings. The molecule has 1 saturated heterocycles. The molecule has 0 amide bonds. The van der Waals surface area contributed by atoms with Crippen LogP contribution in [0.1, 0.15) is 25.5 Å². The lowest BCUT2D eigenvalue weighted by molar-refractivity contribution is 0.158. The maximum Gasteiger partial charge on any atom is 0.123 e. The van der Waals surface area contributed by atoms with Gasteiger partial charge in [-0.2, -0.15) is 0 Å². The fourth-order valence-electron chi connectivity index (χ4n) is 2.27. The van der Waals surface area contributed by atoms with Gasteiger partial charge in [0.1, 0.15) is 5.82 Å². The molecule has 1 aliphatic heterocycles. The molecule has 2 unspecified atom stereocenters.